The van der Waals surface area contributed by atoms with Gasteiger partial charge in [-0.3, -0.25) is 14.4 Å². The van der Waals surface area contributed by atoms with E-state index < -0.39 is 34.6 Å². The third-order valence-electron chi connectivity index (χ3n) is 14.2. The van der Waals surface area contributed by atoms with Gasteiger partial charge in [-0.25, -0.2) is 0 Å². The molecule has 0 aromatic rings. The van der Waals surface area contributed by atoms with Crippen molar-refractivity contribution in [2.45, 2.75) is 125 Å². The van der Waals surface area contributed by atoms with E-state index in [4.69, 9.17) is 14.2 Å². The molecule has 8 heteroatoms. The van der Waals surface area contributed by atoms with E-state index in [1.165, 1.54) is 21.0 Å². The summed E-state index contributed by atoms with van der Waals surface area (Å²) in [7, 11) is 1.46. The summed E-state index contributed by atoms with van der Waals surface area (Å²) in [5, 5.41) is 24.4. The second kappa shape index (κ2) is 10.3. The molecule has 0 amide bonds. The Morgan fingerprint density at radius 2 is 1.65 bits per heavy atom. The van der Waals surface area contributed by atoms with Crippen LogP contribution in [0, 0.1) is 50.7 Å². The number of esters is 3. The molecule has 2 N–H and O–H groups in total. The van der Waals surface area contributed by atoms with Gasteiger partial charge in [0, 0.05) is 31.1 Å². The largest absolute Gasteiger partial charge is 0.469 e. The molecule has 0 radical (unpaired) electrons. The molecule has 12 atom stereocenters. The van der Waals surface area contributed by atoms with Crippen LogP contribution < -0.4 is 0 Å². The normalized spacial score (nSPS) is 50.5. The van der Waals surface area contributed by atoms with Crippen LogP contribution in [-0.2, 0) is 28.6 Å². The van der Waals surface area contributed by atoms with Gasteiger partial charge in [-0.2, -0.15) is 0 Å². The van der Waals surface area contributed by atoms with Crippen LogP contribution in [0.15, 0.2) is 11.6 Å². The summed E-state index contributed by atoms with van der Waals surface area (Å²) in [5.41, 5.74) is -2.44. The van der Waals surface area contributed by atoms with Crippen LogP contribution in [0.4, 0.5) is 0 Å². The van der Waals surface area contributed by atoms with E-state index >= 15 is 0 Å². The highest BCUT2D eigenvalue weighted by Gasteiger charge is 2.73. The van der Waals surface area contributed by atoms with E-state index in [0.29, 0.717) is 25.7 Å². The second-order valence-electron chi connectivity index (χ2n) is 16.1. The topological polar surface area (TPSA) is 119 Å². The first kappa shape index (κ1) is 32.5. The maximum atomic E-state index is 13.6. The fourth-order valence-electron chi connectivity index (χ4n) is 11.8. The minimum absolute atomic E-state index is 0.0291. The minimum Gasteiger partial charge on any atom is -0.469 e. The molecule has 0 saturated heterocycles. The quantitative estimate of drug-likeness (QED) is 0.250. The lowest BCUT2D eigenvalue weighted by Gasteiger charge is -2.72. The summed E-state index contributed by atoms with van der Waals surface area (Å²) in [6.45, 7) is 15.8. The average molecular weight is 603 g/mol. The number of carbonyl (C=O) groups is 3. The molecule has 8 nitrogen and oxygen atoms in total. The zero-order valence-corrected chi connectivity index (χ0v) is 27.7. The Morgan fingerprint density at radius 3 is 2.26 bits per heavy atom. The van der Waals surface area contributed by atoms with Crippen LogP contribution in [0.3, 0.4) is 0 Å². The van der Waals surface area contributed by atoms with E-state index in [9.17, 15) is 24.6 Å². The Hall–Kier alpha value is -1.93. The van der Waals surface area contributed by atoms with E-state index in [0.717, 1.165) is 31.3 Å². The van der Waals surface area contributed by atoms with Crippen molar-refractivity contribution in [2.75, 3.05) is 13.7 Å². The monoisotopic (exact) mass is 602 g/mol. The summed E-state index contributed by atoms with van der Waals surface area (Å²) in [4.78, 5) is 37.7. The van der Waals surface area contributed by atoms with Crippen LogP contribution in [-0.4, -0.2) is 59.6 Å². The van der Waals surface area contributed by atoms with Gasteiger partial charge in [0.1, 0.15) is 12.7 Å². The van der Waals surface area contributed by atoms with Crippen molar-refractivity contribution in [1.29, 1.82) is 0 Å². The van der Waals surface area contributed by atoms with Gasteiger partial charge in [0.25, 0.3) is 0 Å². The summed E-state index contributed by atoms with van der Waals surface area (Å²) in [6, 6.07) is 0. The lowest BCUT2D eigenvalue weighted by molar-refractivity contribution is -0.260. The number of rotatable bonds is 4. The molecule has 242 valence electrons. The van der Waals surface area contributed by atoms with Gasteiger partial charge in [-0.1, -0.05) is 46.3 Å². The molecule has 0 aromatic heterocycles. The van der Waals surface area contributed by atoms with E-state index in [-0.39, 0.29) is 58.5 Å². The Kier molecular flexibility index (Phi) is 7.77. The number of hydrogen-bond donors (Lipinski definition) is 2. The first-order chi connectivity index (χ1) is 19.8. The fourth-order valence-corrected chi connectivity index (χ4v) is 11.8. The van der Waals surface area contributed by atoms with Crippen molar-refractivity contribution in [3.63, 3.8) is 0 Å². The van der Waals surface area contributed by atoms with Gasteiger partial charge in [0.05, 0.1) is 24.2 Å². The highest BCUT2D eigenvalue weighted by atomic mass is 16.6. The number of fused-ring (bicyclic) bond motifs is 7. The van der Waals surface area contributed by atoms with E-state index in [2.05, 4.69) is 33.8 Å². The minimum atomic E-state index is -1.08. The number of hydrogen-bond acceptors (Lipinski definition) is 8. The van der Waals surface area contributed by atoms with E-state index in [1.807, 2.05) is 13.8 Å². The zero-order chi connectivity index (χ0) is 32.0. The fraction of sp³-hybridized carbons (Fsp3) is 0.857. The Morgan fingerprint density at radius 1 is 0.977 bits per heavy atom. The predicted octanol–water partition coefficient (Wildman–Crippen LogP) is 5.38. The molecule has 0 spiro atoms. The number of aliphatic hydroxyl groups excluding tert-OH is 1. The molecule has 0 bridgehead atoms. The molecule has 0 unspecified atom stereocenters. The Bertz CT molecular complexity index is 1210. The molecule has 0 aromatic carbocycles. The zero-order valence-electron chi connectivity index (χ0n) is 27.7. The number of methoxy groups -OCH3 is 1. The highest BCUT2D eigenvalue weighted by molar-refractivity contribution is 5.79. The lowest BCUT2D eigenvalue weighted by atomic mass is 9.32. The third-order valence-corrected chi connectivity index (χ3v) is 14.2. The van der Waals surface area contributed by atoms with Crippen LogP contribution in [0.25, 0.3) is 0 Å². The molecule has 0 aliphatic heterocycles. The van der Waals surface area contributed by atoms with Gasteiger partial charge >= 0.3 is 17.9 Å². The van der Waals surface area contributed by atoms with Gasteiger partial charge in [-0.15, -0.1) is 0 Å². The summed E-state index contributed by atoms with van der Waals surface area (Å²) in [6.07, 6.45) is 6.71. The first-order valence-corrected chi connectivity index (χ1v) is 16.3. The number of carbonyl (C=O) groups excluding carboxylic acids is 3. The van der Waals surface area contributed by atoms with Crippen LogP contribution >= 0.6 is 0 Å². The van der Waals surface area contributed by atoms with Crippen molar-refractivity contribution in [3.8, 4) is 0 Å². The maximum Gasteiger partial charge on any atom is 0.312 e. The molecule has 5 aliphatic rings. The molecule has 4 saturated carbocycles. The third kappa shape index (κ3) is 4.31. The average Bonchev–Trinajstić information content (AvgIpc) is 2.91. The summed E-state index contributed by atoms with van der Waals surface area (Å²) in [5.74, 6) is -1.39. The van der Waals surface area contributed by atoms with Gasteiger partial charge in [-0.05, 0) is 86.4 Å². The van der Waals surface area contributed by atoms with Crippen molar-refractivity contribution in [1.82, 2.24) is 0 Å². The standard InChI is InChI=1S/C35H54O8/c1-20-12-15-35(29(39)41-9)17-16-32(6)23(27(35)34(20,8)40)10-11-25-30(4)14-13-26(43-22(3)37)31(5,19-42-21(2)36)28(30)24(38)18-33(25,32)7/h10,20,24-28,38,40H,11-19H2,1-9H3/t20-,24-,25-,26+,27-,28-,30-,31-,32-,33-,34-,35+/m1/s1. The number of ether oxygens (including phenoxy) is 3. The smallest absolute Gasteiger partial charge is 0.312 e. The van der Waals surface area contributed by atoms with Gasteiger partial charge in [0.15, 0.2) is 0 Å². The maximum absolute atomic E-state index is 13.6. The van der Waals surface area contributed by atoms with Gasteiger partial charge in [0.2, 0.25) is 0 Å². The summed E-state index contributed by atoms with van der Waals surface area (Å²) < 4.78 is 16.9. The van der Waals surface area contributed by atoms with Crippen LogP contribution in [0.2, 0.25) is 0 Å². The molecule has 0 heterocycles. The molecular formula is C35H54O8. The predicted molar refractivity (Wildman–Crippen MR) is 160 cm³/mol. The number of allylic oxidation sites excluding steroid dienone is 1. The van der Waals surface area contributed by atoms with Crippen molar-refractivity contribution >= 4 is 17.9 Å². The summed E-state index contributed by atoms with van der Waals surface area (Å²) >= 11 is 0. The molecule has 5 aliphatic carbocycles. The Balaban J connectivity index is 1.63. The SMILES string of the molecule is COC(=O)[C@]12CC[C@@H](C)[C@@](C)(O)[C@H]1C1=CC[C@@H]3[C@@]4(C)CC[C@H](OC(C)=O)[C@@](C)(COC(C)=O)[C@@H]4[C@H](O)C[C@@]3(C)[C@]1(C)CC2. The molecule has 43 heavy (non-hydrogen) atoms. The second-order valence-corrected chi connectivity index (χ2v) is 16.1. The van der Waals surface area contributed by atoms with Gasteiger partial charge < -0.3 is 24.4 Å². The first-order valence-electron chi connectivity index (χ1n) is 16.3. The molecule has 5 rings (SSSR count). The van der Waals surface area contributed by atoms with Crippen LogP contribution in [0.5, 0.6) is 0 Å². The molecule has 4 fully saturated rings. The van der Waals surface area contributed by atoms with Crippen molar-refractivity contribution in [3.05, 3.63) is 11.6 Å². The van der Waals surface area contributed by atoms with Crippen molar-refractivity contribution < 1.29 is 38.8 Å². The molecular weight excluding hydrogens is 548 g/mol. The van der Waals surface area contributed by atoms with Crippen LogP contribution in [0.1, 0.15) is 107 Å². The van der Waals surface area contributed by atoms with E-state index in [1.54, 1.807) is 0 Å². The lowest BCUT2D eigenvalue weighted by Crippen LogP contribution is -2.70. The number of aliphatic hydroxyl groups is 2. The van der Waals surface area contributed by atoms with Crippen molar-refractivity contribution in [2.24, 2.45) is 50.7 Å². The Labute approximate surface area is 257 Å². The highest BCUT2D eigenvalue weighted by Crippen LogP contribution is 2.76.